The Morgan fingerprint density at radius 1 is 1.25 bits per heavy atom. The molecule has 0 aliphatic carbocycles. The van der Waals surface area contributed by atoms with E-state index in [2.05, 4.69) is 36.0 Å². The lowest BCUT2D eigenvalue weighted by molar-refractivity contribution is 0.199. The van der Waals surface area contributed by atoms with Gasteiger partial charge in [-0.15, -0.1) is 0 Å². The molecule has 0 saturated carbocycles. The number of para-hydroxylation sites is 1. The summed E-state index contributed by atoms with van der Waals surface area (Å²) < 4.78 is 1.96. The van der Waals surface area contributed by atoms with Crippen LogP contribution in [0, 0.1) is 6.92 Å². The number of nitrogens with two attached hydrogens (primary N) is 1. The minimum absolute atomic E-state index is 0.449. The van der Waals surface area contributed by atoms with Gasteiger partial charge >= 0.3 is 0 Å². The van der Waals surface area contributed by atoms with Gasteiger partial charge in [0.15, 0.2) is 0 Å². The predicted molar refractivity (Wildman–Crippen MR) is 83.2 cm³/mol. The van der Waals surface area contributed by atoms with Gasteiger partial charge in [-0.2, -0.15) is 5.10 Å². The molecule has 2 N–H and O–H groups in total. The third kappa shape index (κ3) is 3.39. The summed E-state index contributed by atoms with van der Waals surface area (Å²) in [4.78, 5) is 2.40. The van der Waals surface area contributed by atoms with Crippen molar-refractivity contribution < 1.29 is 0 Å². The molecule has 0 fully saturated rings. The molecule has 1 aromatic heterocycles. The molecule has 2 rings (SSSR count). The molecule has 0 bridgehead atoms. The van der Waals surface area contributed by atoms with Gasteiger partial charge in [0.25, 0.3) is 0 Å². The summed E-state index contributed by atoms with van der Waals surface area (Å²) in [5.41, 5.74) is 10.4. The lowest BCUT2D eigenvalue weighted by Crippen LogP contribution is -2.31. The van der Waals surface area contributed by atoms with Gasteiger partial charge < -0.3 is 5.73 Å². The number of hydrogen-bond acceptors (Lipinski definition) is 3. The predicted octanol–water partition coefficient (Wildman–Crippen LogP) is 2.72. The van der Waals surface area contributed by atoms with Crippen LogP contribution in [0.5, 0.6) is 0 Å². The van der Waals surface area contributed by atoms with Gasteiger partial charge in [0, 0.05) is 31.9 Å². The zero-order valence-electron chi connectivity index (χ0n) is 12.8. The second-order valence-corrected chi connectivity index (χ2v) is 5.60. The zero-order chi connectivity index (χ0) is 14.7. The minimum Gasteiger partial charge on any atom is -0.398 e. The Hall–Kier alpha value is -1.81. The fourth-order valence-corrected chi connectivity index (χ4v) is 2.34. The summed E-state index contributed by atoms with van der Waals surface area (Å²) in [5, 5.41) is 4.41. The Bertz CT molecular complexity index is 572. The Morgan fingerprint density at radius 2 is 1.95 bits per heavy atom. The number of rotatable bonds is 5. The maximum Gasteiger partial charge on any atom is 0.0597 e. The van der Waals surface area contributed by atoms with Crippen molar-refractivity contribution >= 4 is 5.69 Å². The van der Waals surface area contributed by atoms with Gasteiger partial charge in [-0.3, -0.25) is 9.58 Å². The van der Waals surface area contributed by atoms with E-state index in [1.165, 1.54) is 11.3 Å². The van der Waals surface area contributed by atoms with Crippen molar-refractivity contribution in [2.24, 2.45) is 7.05 Å². The quantitative estimate of drug-likeness (QED) is 0.851. The molecule has 4 nitrogen and oxygen atoms in total. The van der Waals surface area contributed by atoms with Crippen molar-refractivity contribution in [3.63, 3.8) is 0 Å². The standard InChI is InChI=1S/C16H24N4/c1-12(2)20(10-14-7-5-6-8-16(14)17)11-15-9-13(3)18-19(15)4/h5-9,12H,10-11,17H2,1-4H3. The van der Waals surface area contributed by atoms with Crippen molar-refractivity contribution in [2.45, 2.75) is 39.9 Å². The SMILES string of the molecule is Cc1cc(CN(Cc2ccccc2N)C(C)C)n(C)n1. The van der Waals surface area contributed by atoms with Gasteiger partial charge in [0.1, 0.15) is 0 Å². The first-order chi connectivity index (χ1) is 9.47. The Kier molecular flexibility index (Phi) is 4.45. The third-order valence-electron chi connectivity index (χ3n) is 3.62. The van der Waals surface area contributed by atoms with Crippen LogP contribution in [0.1, 0.15) is 30.8 Å². The van der Waals surface area contributed by atoms with Crippen molar-refractivity contribution in [3.8, 4) is 0 Å². The molecule has 0 saturated heterocycles. The first-order valence-electron chi connectivity index (χ1n) is 7.04. The number of aryl methyl sites for hydroxylation is 2. The van der Waals surface area contributed by atoms with Crippen molar-refractivity contribution in [3.05, 3.63) is 47.3 Å². The second kappa shape index (κ2) is 6.09. The lowest BCUT2D eigenvalue weighted by Gasteiger charge is -2.27. The van der Waals surface area contributed by atoms with Crippen LogP contribution in [0.2, 0.25) is 0 Å². The zero-order valence-corrected chi connectivity index (χ0v) is 12.8. The highest BCUT2D eigenvalue weighted by Gasteiger charge is 2.14. The molecular formula is C16H24N4. The highest BCUT2D eigenvalue weighted by Crippen LogP contribution is 2.17. The largest absolute Gasteiger partial charge is 0.398 e. The summed E-state index contributed by atoms with van der Waals surface area (Å²) in [6.07, 6.45) is 0. The van der Waals surface area contributed by atoms with Gasteiger partial charge in [0.05, 0.1) is 11.4 Å². The van der Waals surface area contributed by atoms with E-state index in [1.54, 1.807) is 0 Å². The monoisotopic (exact) mass is 272 g/mol. The second-order valence-electron chi connectivity index (χ2n) is 5.60. The molecule has 1 aromatic carbocycles. The molecule has 1 heterocycles. The average Bonchev–Trinajstić information content (AvgIpc) is 2.69. The summed E-state index contributed by atoms with van der Waals surface area (Å²) in [5.74, 6) is 0. The minimum atomic E-state index is 0.449. The van der Waals surface area contributed by atoms with E-state index in [9.17, 15) is 0 Å². The van der Waals surface area contributed by atoms with Crippen LogP contribution < -0.4 is 5.73 Å². The first kappa shape index (κ1) is 14.6. The normalized spacial score (nSPS) is 11.5. The number of aromatic nitrogens is 2. The molecule has 0 unspecified atom stereocenters. The molecule has 0 atom stereocenters. The van der Waals surface area contributed by atoms with Crippen LogP contribution in [-0.4, -0.2) is 20.7 Å². The highest BCUT2D eigenvalue weighted by atomic mass is 15.3. The Labute approximate surface area is 121 Å². The van der Waals surface area contributed by atoms with E-state index >= 15 is 0 Å². The van der Waals surface area contributed by atoms with E-state index in [0.29, 0.717) is 6.04 Å². The smallest absolute Gasteiger partial charge is 0.0597 e. The Balaban J connectivity index is 2.16. The van der Waals surface area contributed by atoms with E-state index in [4.69, 9.17) is 5.73 Å². The number of benzene rings is 1. The van der Waals surface area contributed by atoms with E-state index < -0.39 is 0 Å². The van der Waals surface area contributed by atoms with Gasteiger partial charge in [-0.1, -0.05) is 18.2 Å². The number of nitrogen functional groups attached to an aromatic ring is 1. The number of nitrogens with zero attached hydrogens (tertiary/aromatic N) is 3. The number of anilines is 1. The molecule has 0 aliphatic heterocycles. The van der Waals surface area contributed by atoms with E-state index in [0.717, 1.165) is 24.5 Å². The average molecular weight is 272 g/mol. The van der Waals surface area contributed by atoms with Crippen molar-refractivity contribution in [1.82, 2.24) is 14.7 Å². The van der Waals surface area contributed by atoms with Crippen molar-refractivity contribution in [1.29, 1.82) is 0 Å². The van der Waals surface area contributed by atoms with Crippen LogP contribution in [0.15, 0.2) is 30.3 Å². The first-order valence-corrected chi connectivity index (χ1v) is 7.04. The molecule has 20 heavy (non-hydrogen) atoms. The number of hydrogen-bond donors (Lipinski definition) is 1. The highest BCUT2D eigenvalue weighted by molar-refractivity contribution is 5.46. The van der Waals surface area contributed by atoms with E-state index in [1.807, 2.05) is 36.9 Å². The summed E-state index contributed by atoms with van der Waals surface area (Å²) in [6.45, 7) is 8.18. The van der Waals surface area contributed by atoms with Gasteiger partial charge in [0.2, 0.25) is 0 Å². The van der Waals surface area contributed by atoms with Gasteiger partial charge in [-0.25, -0.2) is 0 Å². The molecule has 0 spiro atoms. The van der Waals surface area contributed by atoms with E-state index in [-0.39, 0.29) is 0 Å². The van der Waals surface area contributed by atoms with Crippen LogP contribution >= 0.6 is 0 Å². The van der Waals surface area contributed by atoms with Crippen LogP contribution in [-0.2, 0) is 20.1 Å². The van der Waals surface area contributed by atoms with Crippen LogP contribution in [0.3, 0.4) is 0 Å². The summed E-state index contributed by atoms with van der Waals surface area (Å²) in [6, 6.07) is 10.7. The van der Waals surface area contributed by atoms with Crippen LogP contribution in [0.4, 0.5) is 5.69 Å². The fraction of sp³-hybridized carbons (Fsp3) is 0.438. The molecule has 0 amide bonds. The molecule has 0 aliphatic rings. The maximum absolute atomic E-state index is 6.05. The maximum atomic E-state index is 6.05. The summed E-state index contributed by atoms with van der Waals surface area (Å²) in [7, 11) is 2.00. The lowest BCUT2D eigenvalue weighted by atomic mass is 10.1. The van der Waals surface area contributed by atoms with Gasteiger partial charge in [-0.05, 0) is 38.5 Å². The fourth-order valence-electron chi connectivity index (χ4n) is 2.34. The van der Waals surface area contributed by atoms with Crippen LogP contribution in [0.25, 0.3) is 0 Å². The topological polar surface area (TPSA) is 47.1 Å². The molecule has 0 radical (unpaired) electrons. The molecular weight excluding hydrogens is 248 g/mol. The Morgan fingerprint density at radius 3 is 2.50 bits per heavy atom. The third-order valence-corrected chi connectivity index (χ3v) is 3.62. The summed E-state index contributed by atoms with van der Waals surface area (Å²) >= 11 is 0. The molecule has 4 heteroatoms. The molecule has 108 valence electrons. The van der Waals surface area contributed by atoms with Crippen molar-refractivity contribution in [2.75, 3.05) is 5.73 Å². The molecule has 2 aromatic rings.